The van der Waals surface area contributed by atoms with E-state index in [0.717, 1.165) is 5.56 Å². The molecule has 0 aliphatic carbocycles. The molecule has 0 fully saturated rings. The number of anilines is 1. The van der Waals surface area contributed by atoms with Gasteiger partial charge in [0.15, 0.2) is 0 Å². The number of rotatable bonds is 4. The zero-order valence-corrected chi connectivity index (χ0v) is 12.2. The van der Waals surface area contributed by atoms with Crippen molar-refractivity contribution < 1.29 is 4.92 Å². The number of nitro groups is 1. The third kappa shape index (κ3) is 3.21. The number of hydrogen-bond donors (Lipinski definition) is 1. The van der Waals surface area contributed by atoms with Crippen molar-refractivity contribution in [3.63, 3.8) is 0 Å². The average Bonchev–Trinajstić information content (AvgIpc) is 2.38. The molecular formula is C14H12Cl2N2O2. The van der Waals surface area contributed by atoms with E-state index < -0.39 is 4.92 Å². The van der Waals surface area contributed by atoms with Gasteiger partial charge in [-0.15, -0.1) is 0 Å². The molecule has 6 heteroatoms. The van der Waals surface area contributed by atoms with E-state index >= 15 is 0 Å². The van der Waals surface area contributed by atoms with Gasteiger partial charge in [0.05, 0.1) is 26.2 Å². The molecule has 104 valence electrons. The molecule has 0 amide bonds. The molecule has 0 spiro atoms. The summed E-state index contributed by atoms with van der Waals surface area (Å²) in [7, 11) is 0. The Labute approximate surface area is 126 Å². The van der Waals surface area contributed by atoms with Gasteiger partial charge < -0.3 is 5.32 Å². The van der Waals surface area contributed by atoms with Crippen LogP contribution in [0.4, 0.5) is 11.4 Å². The molecule has 0 bridgehead atoms. The second-order valence-corrected chi connectivity index (χ2v) is 5.15. The predicted octanol–water partition coefficient (Wildman–Crippen LogP) is 4.82. The van der Waals surface area contributed by atoms with E-state index in [4.69, 9.17) is 23.2 Å². The van der Waals surface area contributed by atoms with Crippen molar-refractivity contribution in [2.24, 2.45) is 0 Å². The lowest BCUT2D eigenvalue weighted by atomic mass is 10.1. The molecule has 20 heavy (non-hydrogen) atoms. The first-order chi connectivity index (χ1) is 9.49. The number of nitrogens with zero attached hydrogens (tertiary/aromatic N) is 1. The third-order valence-corrected chi connectivity index (χ3v) is 3.54. The number of benzene rings is 2. The molecule has 0 aromatic heterocycles. The number of nitrogens with one attached hydrogen (secondary N) is 1. The number of halogens is 2. The molecule has 2 aromatic carbocycles. The summed E-state index contributed by atoms with van der Waals surface area (Å²) in [6.07, 6.45) is 0. The minimum Gasteiger partial charge on any atom is -0.379 e. The lowest BCUT2D eigenvalue weighted by molar-refractivity contribution is -0.385. The zero-order chi connectivity index (χ0) is 14.7. The maximum absolute atomic E-state index is 11.0. The molecule has 4 nitrogen and oxygen atoms in total. The van der Waals surface area contributed by atoms with E-state index in [1.54, 1.807) is 12.1 Å². The van der Waals surface area contributed by atoms with Crippen molar-refractivity contribution in [3.05, 3.63) is 67.7 Å². The van der Waals surface area contributed by atoms with Gasteiger partial charge in [-0.05, 0) is 30.7 Å². The normalized spacial score (nSPS) is 10.3. The Morgan fingerprint density at radius 2 is 1.95 bits per heavy atom. The van der Waals surface area contributed by atoms with Crippen LogP contribution < -0.4 is 5.32 Å². The summed E-state index contributed by atoms with van der Waals surface area (Å²) in [5, 5.41) is 15.0. The molecule has 2 aromatic rings. The molecule has 0 aliphatic heterocycles. The summed E-state index contributed by atoms with van der Waals surface area (Å²) in [6, 6.07) is 10.2. The van der Waals surface area contributed by atoms with Crippen LogP contribution in [0.5, 0.6) is 0 Å². The molecule has 0 atom stereocenters. The maximum atomic E-state index is 11.0. The molecule has 0 radical (unpaired) electrons. The second kappa shape index (κ2) is 6.11. The van der Waals surface area contributed by atoms with E-state index in [0.29, 0.717) is 21.3 Å². The van der Waals surface area contributed by atoms with Crippen molar-refractivity contribution >= 4 is 34.6 Å². The van der Waals surface area contributed by atoms with Crippen LogP contribution in [0.3, 0.4) is 0 Å². The number of aryl methyl sites for hydroxylation is 1. The lowest BCUT2D eigenvalue weighted by Crippen LogP contribution is -2.04. The molecular weight excluding hydrogens is 299 g/mol. The zero-order valence-electron chi connectivity index (χ0n) is 10.7. The second-order valence-electron chi connectivity index (χ2n) is 4.33. The summed E-state index contributed by atoms with van der Waals surface area (Å²) in [6.45, 7) is 2.17. The highest BCUT2D eigenvalue weighted by molar-refractivity contribution is 6.33. The minimum absolute atomic E-state index is 0.00626. The third-order valence-electron chi connectivity index (χ3n) is 2.87. The Bertz CT molecular complexity index is 660. The van der Waals surface area contributed by atoms with Gasteiger partial charge in [-0.3, -0.25) is 10.1 Å². The monoisotopic (exact) mass is 310 g/mol. The Hall–Kier alpha value is -1.78. The van der Waals surface area contributed by atoms with Crippen molar-refractivity contribution in [3.8, 4) is 0 Å². The van der Waals surface area contributed by atoms with E-state index in [2.05, 4.69) is 5.32 Å². The van der Waals surface area contributed by atoms with E-state index in [1.807, 2.05) is 25.1 Å². The van der Waals surface area contributed by atoms with Gasteiger partial charge in [0.2, 0.25) is 0 Å². The quantitative estimate of drug-likeness (QED) is 0.650. The Morgan fingerprint density at radius 3 is 2.60 bits per heavy atom. The Kier molecular flexibility index (Phi) is 4.47. The van der Waals surface area contributed by atoms with Gasteiger partial charge in [-0.2, -0.15) is 0 Å². The van der Waals surface area contributed by atoms with E-state index in [1.165, 1.54) is 6.07 Å². The van der Waals surface area contributed by atoms with E-state index in [9.17, 15) is 10.1 Å². The van der Waals surface area contributed by atoms with Crippen molar-refractivity contribution in [1.82, 2.24) is 0 Å². The predicted molar refractivity (Wildman–Crippen MR) is 81.6 cm³/mol. The molecule has 1 N–H and O–H groups in total. The highest BCUT2D eigenvalue weighted by Gasteiger charge is 2.16. The SMILES string of the molecule is Cc1ccc(NCc2c(Cl)cccc2[N+](=O)[O-])c(Cl)c1. The van der Waals surface area contributed by atoms with Gasteiger partial charge in [0.1, 0.15) is 0 Å². The van der Waals surface area contributed by atoms with Crippen LogP contribution in [-0.2, 0) is 6.54 Å². The van der Waals surface area contributed by atoms with Crippen LogP contribution in [-0.4, -0.2) is 4.92 Å². The van der Waals surface area contributed by atoms with Gasteiger partial charge in [-0.25, -0.2) is 0 Å². The first-order valence-electron chi connectivity index (χ1n) is 5.91. The van der Waals surface area contributed by atoms with Crippen LogP contribution in [0.25, 0.3) is 0 Å². The van der Waals surface area contributed by atoms with Crippen molar-refractivity contribution in [2.75, 3.05) is 5.32 Å². The first-order valence-corrected chi connectivity index (χ1v) is 6.66. The summed E-state index contributed by atoms with van der Waals surface area (Å²) in [5.41, 5.74) is 2.19. The minimum atomic E-state index is -0.445. The molecule has 0 unspecified atom stereocenters. The Morgan fingerprint density at radius 1 is 1.20 bits per heavy atom. The number of hydrogen-bond acceptors (Lipinski definition) is 3. The maximum Gasteiger partial charge on any atom is 0.275 e. The van der Waals surface area contributed by atoms with E-state index in [-0.39, 0.29) is 12.2 Å². The lowest BCUT2D eigenvalue weighted by Gasteiger charge is -2.10. The number of nitro benzene ring substituents is 1. The van der Waals surface area contributed by atoms with Crippen LogP contribution in [0.1, 0.15) is 11.1 Å². The summed E-state index contributed by atoms with van der Waals surface area (Å²) < 4.78 is 0. The standard InChI is InChI=1S/C14H12Cl2N2O2/c1-9-5-6-13(12(16)7-9)17-8-10-11(15)3-2-4-14(10)18(19)20/h2-7,17H,8H2,1H3. The fourth-order valence-electron chi connectivity index (χ4n) is 1.84. The fourth-order valence-corrected chi connectivity index (χ4v) is 2.38. The van der Waals surface area contributed by atoms with Gasteiger partial charge in [0.25, 0.3) is 5.69 Å². The molecule has 0 aliphatic rings. The van der Waals surface area contributed by atoms with Gasteiger partial charge in [0, 0.05) is 12.6 Å². The summed E-state index contributed by atoms with van der Waals surface area (Å²) in [5.74, 6) is 0. The molecule has 0 saturated carbocycles. The van der Waals surface area contributed by atoms with Crippen LogP contribution >= 0.6 is 23.2 Å². The van der Waals surface area contributed by atoms with Crippen LogP contribution in [0, 0.1) is 17.0 Å². The fraction of sp³-hybridized carbons (Fsp3) is 0.143. The van der Waals surface area contributed by atoms with Gasteiger partial charge >= 0.3 is 0 Å². The molecule has 0 saturated heterocycles. The molecule has 0 heterocycles. The van der Waals surface area contributed by atoms with Crippen LogP contribution in [0.15, 0.2) is 36.4 Å². The highest BCUT2D eigenvalue weighted by Crippen LogP contribution is 2.29. The smallest absolute Gasteiger partial charge is 0.275 e. The summed E-state index contributed by atoms with van der Waals surface area (Å²) in [4.78, 5) is 10.5. The molecule has 2 rings (SSSR count). The average molecular weight is 311 g/mol. The van der Waals surface area contributed by atoms with Crippen molar-refractivity contribution in [1.29, 1.82) is 0 Å². The first kappa shape index (κ1) is 14.6. The Balaban J connectivity index is 2.25. The van der Waals surface area contributed by atoms with Crippen molar-refractivity contribution in [2.45, 2.75) is 13.5 Å². The van der Waals surface area contributed by atoms with Gasteiger partial charge in [-0.1, -0.05) is 35.3 Å². The highest BCUT2D eigenvalue weighted by atomic mass is 35.5. The summed E-state index contributed by atoms with van der Waals surface area (Å²) >= 11 is 12.1. The topological polar surface area (TPSA) is 55.2 Å². The van der Waals surface area contributed by atoms with Crippen LogP contribution in [0.2, 0.25) is 10.0 Å². The largest absolute Gasteiger partial charge is 0.379 e.